The molecule has 0 aliphatic carbocycles. The molecule has 0 aliphatic rings. The monoisotopic (exact) mass is 566 g/mol. The first kappa shape index (κ1) is 31.8. The maximum atomic E-state index is 12.2. The van der Waals surface area contributed by atoms with Gasteiger partial charge in [-0.3, -0.25) is 0 Å². The number of rotatable bonds is 15. The fourth-order valence-electron chi connectivity index (χ4n) is 3.50. The Morgan fingerprint density at radius 2 is 1.77 bits per heavy atom. The Balaban J connectivity index is 3.11. The van der Waals surface area contributed by atoms with E-state index in [1.165, 1.54) is 11.1 Å². The molecule has 1 aromatic rings. The van der Waals surface area contributed by atoms with Crippen molar-refractivity contribution in [3.05, 3.63) is 59.2 Å². The summed E-state index contributed by atoms with van der Waals surface area (Å²) in [6, 6.07) is 10.3. The average molecular weight is 568 g/mol. The van der Waals surface area contributed by atoms with Gasteiger partial charge >= 0.3 is 5.97 Å². The first-order valence-corrected chi connectivity index (χ1v) is 16.8. The van der Waals surface area contributed by atoms with Crippen molar-refractivity contribution in [3.8, 4) is 0 Å². The first-order valence-electron chi connectivity index (χ1n) is 12.8. The van der Waals surface area contributed by atoms with E-state index in [0.29, 0.717) is 25.4 Å². The van der Waals surface area contributed by atoms with E-state index in [2.05, 4.69) is 74.9 Å². The van der Waals surface area contributed by atoms with Crippen LogP contribution in [0.5, 0.6) is 0 Å². The molecular formula is C29H47BrO4Si. The Bertz CT molecular complexity index is 812. The van der Waals surface area contributed by atoms with Crippen molar-refractivity contribution in [2.24, 2.45) is 5.92 Å². The number of benzene rings is 1. The summed E-state index contributed by atoms with van der Waals surface area (Å²) in [5, 5.41) is 0.946. The Labute approximate surface area is 223 Å². The molecule has 198 valence electrons. The van der Waals surface area contributed by atoms with Crippen molar-refractivity contribution in [2.45, 2.75) is 91.6 Å². The number of alkyl halides is 1. The van der Waals surface area contributed by atoms with Gasteiger partial charge in [0.1, 0.15) is 0 Å². The molecule has 0 N–H and O–H groups in total. The topological polar surface area (TPSA) is 44.8 Å². The summed E-state index contributed by atoms with van der Waals surface area (Å²) in [7, 11) is -2.00. The van der Waals surface area contributed by atoms with Gasteiger partial charge in [-0.15, -0.1) is 0 Å². The third-order valence-electron chi connectivity index (χ3n) is 6.80. The minimum atomic E-state index is -2.00. The van der Waals surface area contributed by atoms with Crippen LogP contribution in [-0.2, 0) is 25.3 Å². The molecule has 6 heteroatoms. The molecule has 0 saturated heterocycles. The maximum Gasteiger partial charge on any atom is 0.333 e. The number of ether oxygens (including phenoxy) is 2. The average Bonchev–Trinajstić information content (AvgIpc) is 2.78. The molecule has 2 atom stereocenters. The van der Waals surface area contributed by atoms with E-state index in [-0.39, 0.29) is 23.0 Å². The number of allylic oxidation sites excluding steroid dienone is 2. The summed E-state index contributed by atoms with van der Waals surface area (Å²) in [5.74, 6) is -0.0215. The maximum absolute atomic E-state index is 12.2. The fourth-order valence-corrected chi connectivity index (χ4v) is 5.44. The van der Waals surface area contributed by atoms with Crippen LogP contribution in [0.1, 0.15) is 66.4 Å². The number of hydrogen-bond acceptors (Lipinski definition) is 4. The Morgan fingerprint density at radius 3 is 2.34 bits per heavy atom. The highest BCUT2D eigenvalue weighted by Crippen LogP contribution is 2.40. The zero-order valence-corrected chi connectivity index (χ0v) is 25.7. The lowest BCUT2D eigenvalue weighted by Crippen LogP contribution is -2.46. The molecule has 1 aromatic carbocycles. The van der Waals surface area contributed by atoms with E-state index >= 15 is 0 Å². The van der Waals surface area contributed by atoms with E-state index in [0.717, 1.165) is 24.6 Å². The highest BCUT2D eigenvalue weighted by molar-refractivity contribution is 9.09. The summed E-state index contributed by atoms with van der Waals surface area (Å²) in [6.45, 7) is 18.9. The van der Waals surface area contributed by atoms with Crippen LogP contribution in [-0.4, -0.2) is 38.9 Å². The van der Waals surface area contributed by atoms with Crippen LogP contribution in [0.3, 0.4) is 0 Å². The minimum Gasteiger partial charge on any atom is -0.463 e. The van der Waals surface area contributed by atoms with Gasteiger partial charge in [-0.2, -0.15) is 0 Å². The Hall–Kier alpha value is -1.21. The van der Waals surface area contributed by atoms with Crippen molar-refractivity contribution in [1.29, 1.82) is 0 Å². The second-order valence-corrected chi connectivity index (χ2v) is 16.2. The summed E-state index contributed by atoms with van der Waals surface area (Å²) in [5.41, 5.74) is 3.14. The van der Waals surface area contributed by atoms with Gasteiger partial charge in [0.15, 0.2) is 8.32 Å². The van der Waals surface area contributed by atoms with E-state index in [9.17, 15) is 4.79 Å². The largest absolute Gasteiger partial charge is 0.463 e. The minimum absolute atomic E-state index is 0.0535. The van der Waals surface area contributed by atoms with Crippen LogP contribution < -0.4 is 0 Å². The van der Waals surface area contributed by atoms with Gasteiger partial charge in [0.2, 0.25) is 0 Å². The van der Waals surface area contributed by atoms with Gasteiger partial charge in [0.05, 0.1) is 19.3 Å². The van der Waals surface area contributed by atoms with E-state index < -0.39 is 8.32 Å². The predicted octanol–water partition coefficient (Wildman–Crippen LogP) is 8.23. The van der Waals surface area contributed by atoms with Gasteiger partial charge in [0, 0.05) is 17.5 Å². The van der Waals surface area contributed by atoms with Crippen LogP contribution in [0.25, 0.3) is 0 Å². The molecule has 0 fully saturated rings. The molecule has 0 saturated carbocycles. The third kappa shape index (κ3) is 12.0. The quantitative estimate of drug-likeness (QED) is 0.0535. The molecular weight excluding hydrogens is 520 g/mol. The lowest BCUT2D eigenvalue weighted by atomic mass is 9.90. The normalized spacial score (nSPS) is 15.1. The Kier molecular flexibility index (Phi) is 14.4. The molecule has 1 rings (SSSR count). The van der Waals surface area contributed by atoms with E-state index in [1.54, 1.807) is 0 Å². The van der Waals surface area contributed by atoms with Gasteiger partial charge in [0.25, 0.3) is 0 Å². The molecule has 0 amide bonds. The van der Waals surface area contributed by atoms with Crippen LogP contribution in [0.2, 0.25) is 18.1 Å². The fraction of sp³-hybridized carbons (Fsp3) is 0.621. The lowest BCUT2D eigenvalue weighted by Gasteiger charge is -2.41. The predicted molar refractivity (Wildman–Crippen MR) is 153 cm³/mol. The highest BCUT2D eigenvalue weighted by Gasteiger charge is 2.40. The lowest BCUT2D eigenvalue weighted by molar-refractivity contribution is -0.138. The molecule has 0 heterocycles. The van der Waals surface area contributed by atoms with Gasteiger partial charge in [-0.25, -0.2) is 4.79 Å². The molecule has 0 spiro atoms. The van der Waals surface area contributed by atoms with Crippen LogP contribution in [0.15, 0.2) is 53.6 Å². The van der Waals surface area contributed by atoms with E-state index in [4.69, 9.17) is 13.9 Å². The molecule has 0 bridgehead atoms. The molecule has 35 heavy (non-hydrogen) atoms. The number of halogens is 1. The number of hydrogen-bond donors (Lipinski definition) is 0. The van der Waals surface area contributed by atoms with Crippen molar-refractivity contribution in [2.75, 3.05) is 18.5 Å². The highest BCUT2D eigenvalue weighted by atomic mass is 79.9. The van der Waals surface area contributed by atoms with Crippen molar-refractivity contribution >= 4 is 30.2 Å². The molecule has 0 aliphatic heterocycles. The van der Waals surface area contributed by atoms with Gasteiger partial charge in [-0.1, -0.05) is 84.8 Å². The SMILES string of the molecule is CCOC(=O)/C(C)=C/C[C@H](CCOCc1ccccc1)[C@@H](C/C(C)=C/CBr)O[Si](C)(C)C(C)(C)C. The third-order valence-corrected chi connectivity index (χ3v) is 11.6. The number of carbonyl (C=O) groups excluding carboxylic acids is 1. The summed E-state index contributed by atoms with van der Waals surface area (Å²) >= 11 is 3.53. The van der Waals surface area contributed by atoms with Crippen molar-refractivity contribution < 1.29 is 18.7 Å². The molecule has 0 unspecified atom stereocenters. The number of carbonyl (C=O) groups is 1. The van der Waals surface area contributed by atoms with Crippen LogP contribution >= 0.6 is 15.9 Å². The standard InChI is InChI=1S/C29H47BrO4Si/c1-9-33-28(31)24(3)15-16-26(18-20-32-22-25-13-11-10-12-14-25)27(21-23(2)17-19-30)34-35(7,8)29(4,5)6/h10-15,17,26-27H,9,16,18-22H2,1-8H3/b23-17+,24-15+/t26-,27-/m1/s1. The Morgan fingerprint density at radius 1 is 1.11 bits per heavy atom. The molecule has 4 nitrogen and oxygen atoms in total. The summed E-state index contributed by atoms with van der Waals surface area (Å²) in [4.78, 5) is 12.2. The van der Waals surface area contributed by atoms with E-state index in [1.807, 2.05) is 38.1 Å². The number of esters is 1. The molecule has 0 radical (unpaired) electrons. The van der Waals surface area contributed by atoms with Crippen LogP contribution in [0.4, 0.5) is 0 Å². The van der Waals surface area contributed by atoms with Gasteiger partial charge < -0.3 is 13.9 Å². The van der Waals surface area contributed by atoms with Crippen LogP contribution in [0, 0.1) is 5.92 Å². The second-order valence-electron chi connectivity index (χ2n) is 10.8. The van der Waals surface area contributed by atoms with Gasteiger partial charge in [-0.05, 0) is 69.6 Å². The summed E-state index contributed by atoms with van der Waals surface area (Å²) < 4.78 is 18.3. The van der Waals surface area contributed by atoms with Crippen molar-refractivity contribution in [3.63, 3.8) is 0 Å². The summed E-state index contributed by atoms with van der Waals surface area (Å²) in [6.07, 6.45) is 6.77. The second kappa shape index (κ2) is 15.8. The zero-order valence-electron chi connectivity index (χ0n) is 23.2. The molecule has 0 aromatic heterocycles. The zero-order chi connectivity index (χ0) is 26.5. The smallest absolute Gasteiger partial charge is 0.333 e. The van der Waals surface area contributed by atoms with Crippen molar-refractivity contribution in [1.82, 2.24) is 0 Å². The first-order chi connectivity index (χ1) is 16.4.